The summed E-state index contributed by atoms with van der Waals surface area (Å²) in [5, 5.41) is -0.462. The van der Waals surface area contributed by atoms with E-state index in [9.17, 15) is 4.79 Å². The van der Waals surface area contributed by atoms with E-state index in [2.05, 4.69) is 4.98 Å². The number of carbonyl (C=O) groups is 1. The van der Waals surface area contributed by atoms with E-state index in [1.54, 1.807) is 24.1 Å². The Morgan fingerprint density at radius 2 is 2.38 bits per heavy atom. The van der Waals surface area contributed by atoms with Gasteiger partial charge in [-0.05, 0) is 13.0 Å². The van der Waals surface area contributed by atoms with E-state index in [1.807, 2.05) is 12.1 Å². The maximum atomic E-state index is 11.4. The van der Waals surface area contributed by atoms with Crippen molar-refractivity contribution in [3.05, 3.63) is 24.4 Å². The van der Waals surface area contributed by atoms with Crippen LogP contribution in [0, 0.1) is 0 Å². The number of pyridine rings is 1. The van der Waals surface area contributed by atoms with Gasteiger partial charge in [0, 0.05) is 12.3 Å². The van der Waals surface area contributed by atoms with Crippen molar-refractivity contribution in [2.45, 2.75) is 18.4 Å². The quantitative estimate of drug-likeness (QED) is 0.748. The summed E-state index contributed by atoms with van der Waals surface area (Å²) >= 11 is 5.70. The molecule has 0 spiro atoms. The summed E-state index contributed by atoms with van der Waals surface area (Å²) < 4.78 is 5.56. The van der Waals surface area contributed by atoms with Crippen LogP contribution in [0.25, 0.3) is 0 Å². The molecular formula is C11H13ClN2O2. The zero-order valence-electron chi connectivity index (χ0n) is 8.97. The van der Waals surface area contributed by atoms with E-state index in [4.69, 9.17) is 16.3 Å². The number of likely N-dealkylation sites (tertiary alicyclic amines) is 1. The molecule has 86 valence electrons. The Morgan fingerprint density at radius 1 is 1.62 bits per heavy atom. The summed E-state index contributed by atoms with van der Waals surface area (Å²) in [6.45, 7) is 2.86. The van der Waals surface area contributed by atoms with Gasteiger partial charge in [0.05, 0.1) is 13.1 Å². The van der Waals surface area contributed by atoms with Crippen LogP contribution < -0.4 is 4.74 Å². The topological polar surface area (TPSA) is 42.4 Å². The maximum absolute atomic E-state index is 11.4. The lowest BCUT2D eigenvalue weighted by molar-refractivity contribution is -0.139. The number of ether oxygens (including phenoxy) is 1. The average Bonchev–Trinajstić information content (AvgIpc) is 2.23. The third kappa shape index (κ3) is 2.44. The first kappa shape index (κ1) is 11.2. The maximum Gasteiger partial charge on any atom is 0.240 e. The molecule has 0 bridgehead atoms. The van der Waals surface area contributed by atoms with E-state index in [0.29, 0.717) is 19.0 Å². The molecule has 1 aromatic rings. The Bertz CT molecular complexity index is 364. The lowest BCUT2D eigenvalue weighted by atomic mass is 10.1. The fourth-order valence-electron chi connectivity index (χ4n) is 1.53. The van der Waals surface area contributed by atoms with Gasteiger partial charge >= 0.3 is 0 Å². The van der Waals surface area contributed by atoms with E-state index in [1.165, 1.54) is 0 Å². The van der Waals surface area contributed by atoms with Crippen LogP contribution in [0.3, 0.4) is 0 Å². The summed E-state index contributed by atoms with van der Waals surface area (Å²) in [6.07, 6.45) is 1.71. The fraction of sp³-hybridized carbons (Fsp3) is 0.455. The van der Waals surface area contributed by atoms with Crippen molar-refractivity contribution in [1.82, 2.24) is 9.88 Å². The minimum Gasteiger partial charge on any atom is -0.471 e. The first-order chi connectivity index (χ1) is 7.66. The van der Waals surface area contributed by atoms with E-state index in [-0.39, 0.29) is 12.0 Å². The van der Waals surface area contributed by atoms with Crippen molar-refractivity contribution in [3.8, 4) is 5.88 Å². The third-order valence-corrected chi connectivity index (χ3v) is 2.61. The highest BCUT2D eigenvalue weighted by atomic mass is 35.5. The SMILES string of the molecule is CC(Cl)C(=O)N1CC(Oc2ccccn2)C1. The van der Waals surface area contributed by atoms with Crippen LogP contribution >= 0.6 is 11.6 Å². The molecule has 1 aromatic heterocycles. The van der Waals surface area contributed by atoms with Gasteiger partial charge in [-0.1, -0.05) is 6.07 Å². The number of halogens is 1. The van der Waals surface area contributed by atoms with E-state index >= 15 is 0 Å². The second kappa shape index (κ2) is 4.70. The van der Waals surface area contributed by atoms with Crippen molar-refractivity contribution >= 4 is 17.5 Å². The molecule has 0 aromatic carbocycles. The summed E-state index contributed by atoms with van der Waals surface area (Å²) in [4.78, 5) is 17.2. The largest absolute Gasteiger partial charge is 0.471 e. The van der Waals surface area contributed by atoms with Gasteiger partial charge in [0.25, 0.3) is 0 Å². The molecule has 1 fully saturated rings. The van der Waals surface area contributed by atoms with Crippen LogP contribution in [0.4, 0.5) is 0 Å². The minimum absolute atomic E-state index is 0.0364. The van der Waals surface area contributed by atoms with Crippen molar-refractivity contribution in [3.63, 3.8) is 0 Å². The number of carbonyl (C=O) groups excluding carboxylic acids is 1. The number of hydrogen-bond acceptors (Lipinski definition) is 3. The molecule has 0 saturated carbocycles. The summed E-state index contributed by atoms with van der Waals surface area (Å²) in [5.74, 6) is 0.557. The molecule has 16 heavy (non-hydrogen) atoms. The van der Waals surface area contributed by atoms with Crippen molar-refractivity contribution < 1.29 is 9.53 Å². The van der Waals surface area contributed by atoms with Gasteiger partial charge < -0.3 is 9.64 Å². The first-order valence-electron chi connectivity index (χ1n) is 5.17. The Balaban J connectivity index is 1.79. The van der Waals surface area contributed by atoms with Crippen LogP contribution in [0.1, 0.15) is 6.92 Å². The molecular weight excluding hydrogens is 228 g/mol. The molecule has 0 radical (unpaired) electrons. The van der Waals surface area contributed by atoms with Crippen molar-refractivity contribution in [1.29, 1.82) is 0 Å². The van der Waals surface area contributed by atoms with Gasteiger partial charge in [-0.2, -0.15) is 0 Å². The Labute approximate surface area is 99.2 Å². The van der Waals surface area contributed by atoms with Gasteiger partial charge in [0.2, 0.25) is 11.8 Å². The monoisotopic (exact) mass is 240 g/mol. The normalized spacial score (nSPS) is 17.8. The smallest absolute Gasteiger partial charge is 0.240 e. The van der Waals surface area contributed by atoms with Gasteiger partial charge in [-0.25, -0.2) is 4.98 Å². The molecule has 1 aliphatic rings. The number of nitrogens with zero attached hydrogens (tertiary/aromatic N) is 2. The molecule has 1 unspecified atom stereocenters. The standard InChI is InChI=1S/C11H13ClN2O2/c1-8(12)11(15)14-6-9(7-14)16-10-4-2-3-5-13-10/h2-5,8-9H,6-7H2,1H3. The molecule has 2 heterocycles. The highest BCUT2D eigenvalue weighted by molar-refractivity contribution is 6.30. The lowest BCUT2D eigenvalue weighted by Gasteiger charge is -2.39. The second-order valence-electron chi connectivity index (χ2n) is 3.77. The lowest BCUT2D eigenvalue weighted by Crippen LogP contribution is -2.57. The molecule has 0 aliphatic carbocycles. The molecule has 1 atom stereocenters. The molecule has 2 rings (SSSR count). The number of aromatic nitrogens is 1. The molecule has 5 heteroatoms. The van der Waals surface area contributed by atoms with Gasteiger partial charge in [-0.15, -0.1) is 11.6 Å². The molecule has 1 amide bonds. The fourth-order valence-corrected chi connectivity index (χ4v) is 1.67. The zero-order valence-corrected chi connectivity index (χ0v) is 9.72. The summed E-state index contributed by atoms with van der Waals surface area (Å²) in [5.41, 5.74) is 0. The number of hydrogen-bond donors (Lipinski definition) is 0. The predicted molar refractivity (Wildman–Crippen MR) is 60.5 cm³/mol. The first-order valence-corrected chi connectivity index (χ1v) is 5.61. The highest BCUT2D eigenvalue weighted by Gasteiger charge is 2.33. The average molecular weight is 241 g/mol. The molecule has 1 saturated heterocycles. The predicted octanol–water partition coefficient (Wildman–Crippen LogP) is 1.30. The molecule has 4 nitrogen and oxygen atoms in total. The van der Waals surface area contributed by atoms with Crippen LogP contribution in [-0.4, -0.2) is 40.4 Å². The summed E-state index contributed by atoms with van der Waals surface area (Å²) in [7, 11) is 0. The van der Waals surface area contributed by atoms with E-state index in [0.717, 1.165) is 0 Å². The van der Waals surface area contributed by atoms with Crippen LogP contribution in [-0.2, 0) is 4.79 Å². The number of rotatable bonds is 3. The van der Waals surface area contributed by atoms with E-state index < -0.39 is 5.38 Å². The molecule has 1 aliphatic heterocycles. The number of alkyl halides is 1. The van der Waals surface area contributed by atoms with Gasteiger partial charge in [0.15, 0.2) is 0 Å². The Kier molecular flexibility index (Phi) is 3.29. The highest BCUT2D eigenvalue weighted by Crippen LogP contribution is 2.17. The Hall–Kier alpha value is -1.29. The van der Waals surface area contributed by atoms with Crippen molar-refractivity contribution in [2.24, 2.45) is 0 Å². The Morgan fingerprint density at radius 3 is 2.94 bits per heavy atom. The third-order valence-electron chi connectivity index (χ3n) is 2.43. The minimum atomic E-state index is -0.462. The van der Waals surface area contributed by atoms with Gasteiger partial charge in [0.1, 0.15) is 11.5 Å². The summed E-state index contributed by atoms with van der Waals surface area (Å²) in [6, 6.07) is 5.50. The zero-order chi connectivity index (χ0) is 11.5. The van der Waals surface area contributed by atoms with Crippen LogP contribution in [0.15, 0.2) is 24.4 Å². The number of amides is 1. The van der Waals surface area contributed by atoms with Crippen molar-refractivity contribution in [2.75, 3.05) is 13.1 Å². The van der Waals surface area contributed by atoms with Crippen LogP contribution in [0.2, 0.25) is 0 Å². The van der Waals surface area contributed by atoms with Crippen LogP contribution in [0.5, 0.6) is 5.88 Å². The molecule has 0 N–H and O–H groups in total. The second-order valence-corrected chi connectivity index (χ2v) is 4.42. The van der Waals surface area contributed by atoms with Gasteiger partial charge in [-0.3, -0.25) is 4.79 Å².